The summed E-state index contributed by atoms with van der Waals surface area (Å²) in [6.45, 7) is 2.11. The van der Waals surface area contributed by atoms with Crippen molar-refractivity contribution in [3.05, 3.63) is 53.6 Å². The molecule has 3 heteroatoms. The Kier molecular flexibility index (Phi) is 4.15. The first-order valence-electron chi connectivity index (χ1n) is 6.42. The fourth-order valence-electron chi connectivity index (χ4n) is 2.04. The van der Waals surface area contributed by atoms with Gasteiger partial charge >= 0.3 is 0 Å². The molecule has 1 unspecified atom stereocenters. The van der Waals surface area contributed by atoms with E-state index < -0.39 is 0 Å². The Bertz CT molecular complexity index is 485. The van der Waals surface area contributed by atoms with E-state index in [0.717, 1.165) is 25.1 Å². The molecule has 0 radical (unpaired) electrons. The second kappa shape index (κ2) is 5.83. The number of hydrogen-bond acceptors (Lipinski definition) is 2. The van der Waals surface area contributed by atoms with Crippen molar-refractivity contribution in [3.8, 4) is 0 Å². The molecule has 2 aromatic rings. The second-order valence-corrected chi connectivity index (χ2v) is 4.94. The molecule has 0 aliphatic heterocycles. The van der Waals surface area contributed by atoms with Crippen LogP contribution in [0.3, 0.4) is 0 Å². The predicted molar refractivity (Wildman–Crippen MR) is 74.4 cm³/mol. The van der Waals surface area contributed by atoms with Crippen LogP contribution < -0.4 is 5.73 Å². The zero-order valence-electron chi connectivity index (χ0n) is 11.1. The maximum Gasteiger partial charge on any atom is 0.109 e. The zero-order valence-corrected chi connectivity index (χ0v) is 11.1. The number of benzene rings is 1. The van der Waals surface area contributed by atoms with E-state index in [-0.39, 0.29) is 6.04 Å². The van der Waals surface area contributed by atoms with Gasteiger partial charge in [0.2, 0.25) is 0 Å². The minimum atomic E-state index is 0.174. The van der Waals surface area contributed by atoms with Crippen LogP contribution in [0, 0.1) is 6.92 Å². The van der Waals surface area contributed by atoms with Crippen molar-refractivity contribution in [3.63, 3.8) is 0 Å². The van der Waals surface area contributed by atoms with Gasteiger partial charge in [-0.1, -0.05) is 29.8 Å². The molecular weight excluding hydrogens is 222 g/mol. The van der Waals surface area contributed by atoms with Gasteiger partial charge in [0.1, 0.15) is 5.82 Å². The number of nitrogens with two attached hydrogens (primary N) is 1. The van der Waals surface area contributed by atoms with Gasteiger partial charge < -0.3 is 10.3 Å². The minimum Gasteiger partial charge on any atom is -0.338 e. The zero-order chi connectivity index (χ0) is 13.0. The Balaban J connectivity index is 1.83. The molecule has 0 spiro atoms. The third-order valence-electron chi connectivity index (χ3n) is 3.29. The summed E-state index contributed by atoms with van der Waals surface area (Å²) in [6, 6.07) is 8.85. The Labute approximate surface area is 109 Å². The highest BCUT2D eigenvalue weighted by Crippen LogP contribution is 2.09. The summed E-state index contributed by atoms with van der Waals surface area (Å²) in [5.74, 6) is 1.06. The number of rotatable bonds is 5. The quantitative estimate of drug-likeness (QED) is 0.875. The molecule has 0 fully saturated rings. The molecule has 2 rings (SSSR count). The molecule has 96 valence electrons. The fraction of sp³-hybridized carbons (Fsp3) is 0.400. The van der Waals surface area contributed by atoms with E-state index in [1.54, 1.807) is 0 Å². The lowest BCUT2D eigenvalue weighted by atomic mass is 10.0. The lowest BCUT2D eigenvalue weighted by Gasteiger charge is -2.11. The first-order chi connectivity index (χ1) is 8.65. The maximum atomic E-state index is 6.16. The summed E-state index contributed by atoms with van der Waals surface area (Å²) in [7, 11) is 2.01. The Morgan fingerprint density at radius 1 is 1.28 bits per heavy atom. The van der Waals surface area contributed by atoms with Crippen molar-refractivity contribution in [1.29, 1.82) is 0 Å². The van der Waals surface area contributed by atoms with Crippen LogP contribution in [0.25, 0.3) is 0 Å². The third kappa shape index (κ3) is 3.44. The van der Waals surface area contributed by atoms with Crippen molar-refractivity contribution in [2.24, 2.45) is 12.8 Å². The highest BCUT2D eigenvalue weighted by molar-refractivity contribution is 5.21. The summed E-state index contributed by atoms with van der Waals surface area (Å²) in [6.07, 6.45) is 6.65. The first-order valence-corrected chi connectivity index (χ1v) is 6.42. The summed E-state index contributed by atoms with van der Waals surface area (Å²) in [4.78, 5) is 4.31. The molecule has 0 bridgehead atoms. The van der Waals surface area contributed by atoms with Gasteiger partial charge in [0.05, 0.1) is 0 Å². The number of imidazole rings is 1. The topological polar surface area (TPSA) is 43.8 Å². The van der Waals surface area contributed by atoms with E-state index in [1.807, 2.05) is 24.0 Å². The molecule has 1 atom stereocenters. The van der Waals surface area contributed by atoms with E-state index in [2.05, 4.69) is 36.2 Å². The van der Waals surface area contributed by atoms with Crippen LogP contribution in [0.15, 0.2) is 36.7 Å². The molecular formula is C15H21N3. The van der Waals surface area contributed by atoms with Crippen LogP contribution in [-0.2, 0) is 19.9 Å². The molecule has 2 N–H and O–H groups in total. The summed E-state index contributed by atoms with van der Waals surface area (Å²) in [5, 5.41) is 0. The monoisotopic (exact) mass is 243 g/mol. The number of aryl methyl sites for hydroxylation is 3. The van der Waals surface area contributed by atoms with Gasteiger partial charge in [0.15, 0.2) is 0 Å². The van der Waals surface area contributed by atoms with Crippen molar-refractivity contribution in [1.82, 2.24) is 9.55 Å². The maximum absolute atomic E-state index is 6.16. The number of hydrogen-bond donors (Lipinski definition) is 1. The molecule has 18 heavy (non-hydrogen) atoms. The normalized spacial score (nSPS) is 12.6. The lowest BCUT2D eigenvalue weighted by Crippen LogP contribution is -2.25. The average Bonchev–Trinajstić information content (AvgIpc) is 2.74. The van der Waals surface area contributed by atoms with Crippen LogP contribution in [0.2, 0.25) is 0 Å². The molecule has 0 saturated carbocycles. The molecule has 1 aromatic carbocycles. The van der Waals surface area contributed by atoms with E-state index in [1.165, 1.54) is 11.1 Å². The highest BCUT2D eigenvalue weighted by atomic mass is 15.0. The van der Waals surface area contributed by atoms with E-state index in [0.29, 0.717) is 0 Å². The van der Waals surface area contributed by atoms with Crippen LogP contribution in [0.5, 0.6) is 0 Å². The largest absolute Gasteiger partial charge is 0.338 e. The van der Waals surface area contributed by atoms with Gasteiger partial charge in [-0.05, 0) is 25.3 Å². The first kappa shape index (κ1) is 12.8. The molecule has 0 saturated heterocycles. The molecule has 0 aliphatic rings. The SMILES string of the molecule is Cc1ccc(CCC(N)Cc2nccn2C)cc1. The molecule has 0 amide bonds. The standard InChI is InChI=1S/C15H21N3/c1-12-3-5-13(6-4-12)7-8-14(16)11-15-17-9-10-18(15)2/h3-6,9-10,14H,7-8,11,16H2,1-2H3. The van der Waals surface area contributed by atoms with Gasteiger partial charge in [-0.3, -0.25) is 0 Å². The third-order valence-corrected chi connectivity index (χ3v) is 3.29. The highest BCUT2D eigenvalue weighted by Gasteiger charge is 2.07. The van der Waals surface area contributed by atoms with Crippen LogP contribution in [0.4, 0.5) is 0 Å². The molecule has 1 heterocycles. The van der Waals surface area contributed by atoms with Crippen molar-refractivity contribution in [2.45, 2.75) is 32.2 Å². The van der Waals surface area contributed by atoms with Crippen molar-refractivity contribution in [2.75, 3.05) is 0 Å². The summed E-state index contributed by atoms with van der Waals surface area (Å²) >= 11 is 0. The van der Waals surface area contributed by atoms with E-state index >= 15 is 0 Å². The predicted octanol–water partition coefficient (Wildman–Crippen LogP) is 2.23. The van der Waals surface area contributed by atoms with Crippen molar-refractivity contribution >= 4 is 0 Å². The fourth-order valence-corrected chi connectivity index (χ4v) is 2.04. The van der Waals surface area contributed by atoms with Gasteiger partial charge in [-0.25, -0.2) is 4.98 Å². The van der Waals surface area contributed by atoms with Crippen molar-refractivity contribution < 1.29 is 0 Å². The van der Waals surface area contributed by atoms with E-state index in [4.69, 9.17) is 5.73 Å². The van der Waals surface area contributed by atoms with Gasteiger partial charge in [0, 0.05) is 31.9 Å². The number of nitrogens with zero attached hydrogens (tertiary/aromatic N) is 2. The summed E-state index contributed by atoms with van der Waals surface area (Å²) in [5.41, 5.74) is 8.82. The second-order valence-electron chi connectivity index (χ2n) is 4.94. The van der Waals surface area contributed by atoms with Gasteiger partial charge in [0.25, 0.3) is 0 Å². The van der Waals surface area contributed by atoms with Crippen LogP contribution in [-0.4, -0.2) is 15.6 Å². The van der Waals surface area contributed by atoms with Crippen LogP contribution >= 0.6 is 0 Å². The molecule has 1 aromatic heterocycles. The Hall–Kier alpha value is -1.61. The number of aromatic nitrogens is 2. The lowest BCUT2D eigenvalue weighted by molar-refractivity contribution is 0.581. The Morgan fingerprint density at radius 3 is 2.61 bits per heavy atom. The van der Waals surface area contributed by atoms with Gasteiger partial charge in [-0.2, -0.15) is 0 Å². The van der Waals surface area contributed by atoms with Crippen LogP contribution in [0.1, 0.15) is 23.4 Å². The average molecular weight is 243 g/mol. The molecule has 0 aliphatic carbocycles. The smallest absolute Gasteiger partial charge is 0.109 e. The Morgan fingerprint density at radius 2 is 2.00 bits per heavy atom. The minimum absolute atomic E-state index is 0.174. The summed E-state index contributed by atoms with van der Waals surface area (Å²) < 4.78 is 2.03. The van der Waals surface area contributed by atoms with E-state index in [9.17, 15) is 0 Å². The van der Waals surface area contributed by atoms with Gasteiger partial charge in [-0.15, -0.1) is 0 Å². The molecule has 3 nitrogen and oxygen atoms in total.